The first-order valence-corrected chi connectivity index (χ1v) is 5.83. The summed E-state index contributed by atoms with van der Waals surface area (Å²) in [5.41, 5.74) is 2.12. The summed E-state index contributed by atoms with van der Waals surface area (Å²) in [5, 5.41) is 4.03. The maximum absolute atomic E-state index is 10.6. The minimum atomic E-state index is 0.890. The molecule has 2 heteroatoms. The molecule has 0 fully saturated rings. The van der Waals surface area contributed by atoms with E-state index in [0.29, 0.717) is 0 Å². The minimum absolute atomic E-state index is 0.890. The van der Waals surface area contributed by atoms with Crippen LogP contribution in [0.1, 0.15) is 48.5 Å². The maximum Gasteiger partial charge on any atom is 0.151 e. The molecule has 0 radical (unpaired) electrons. The van der Waals surface area contributed by atoms with Gasteiger partial charge in [-0.15, -0.1) is 0 Å². The molecule has 0 N–H and O–H groups in total. The number of hydrogen-bond acceptors (Lipinski definition) is 2. The fourth-order valence-corrected chi connectivity index (χ4v) is 2.22. The van der Waals surface area contributed by atoms with Gasteiger partial charge in [0.15, 0.2) is 6.29 Å². The van der Waals surface area contributed by atoms with Gasteiger partial charge in [0.05, 0.1) is 0 Å². The van der Waals surface area contributed by atoms with E-state index in [2.05, 4.69) is 12.3 Å². The zero-order valence-corrected chi connectivity index (χ0v) is 8.90. The Morgan fingerprint density at radius 2 is 2.15 bits per heavy atom. The molecule has 0 bridgehead atoms. The summed E-state index contributed by atoms with van der Waals surface area (Å²) in [6, 6.07) is 0. The first kappa shape index (κ1) is 10.5. The highest BCUT2D eigenvalue weighted by atomic mass is 32.1. The van der Waals surface area contributed by atoms with Crippen molar-refractivity contribution in [2.45, 2.75) is 39.0 Å². The van der Waals surface area contributed by atoms with Crippen LogP contribution in [0.5, 0.6) is 0 Å². The van der Waals surface area contributed by atoms with Gasteiger partial charge in [0.2, 0.25) is 0 Å². The Bertz CT molecular complexity index is 252. The van der Waals surface area contributed by atoms with Crippen molar-refractivity contribution in [1.29, 1.82) is 0 Å². The van der Waals surface area contributed by atoms with Crippen molar-refractivity contribution in [3.8, 4) is 0 Å². The molecule has 72 valence electrons. The van der Waals surface area contributed by atoms with Crippen molar-refractivity contribution in [3.05, 3.63) is 21.9 Å². The molecule has 1 aromatic heterocycles. The Balaban J connectivity index is 2.31. The molecular weight excluding hydrogens is 180 g/mol. The van der Waals surface area contributed by atoms with E-state index >= 15 is 0 Å². The average molecular weight is 196 g/mol. The Morgan fingerprint density at radius 1 is 1.31 bits per heavy atom. The van der Waals surface area contributed by atoms with E-state index in [0.717, 1.165) is 18.3 Å². The van der Waals surface area contributed by atoms with Crippen LogP contribution in [0.25, 0.3) is 0 Å². The third kappa shape index (κ3) is 3.31. The van der Waals surface area contributed by atoms with Crippen LogP contribution < -0.4 is 0 Å². The number of aldehydes is 1. The molecular formula is C11H16OS. The third-order valence-electron chi connectivity index (χ3n) is 2.20. The van der Waals surface area contributed by atoms with Gasteiger partial charge in [-0.25, -0.2) is 0 Å². The molecule has 1 aromatic rings. The van der Waals surface area contributed by atoms with Crippen molar-refractivity contribution in [3.63, 3.8) is 0 Å². The molecule has 0 saturated heterocycles. The van der Waals surface area contributed by atoms with Crippen LogP contribution in [0.4, 0.5) is 0 Å². The van der Waals surface area contributed by atoms with Crippen molar-refractivity contribution >= 4 is 17.6 Å². The van der Waals surface area contributed by atoms with E-state index in [4.69, 9.17) is 0 Å². The lowest BCUT2D eigenvalue weighted by atomic mass is 10.1. The SMILES string of the molecule is CCCCCCc1cscc1C=O. The quantitative estimate of drug-likeness (QED) is 0.501. The molecule has 0 aliphatic heterocycles. The summed E-state index contributed by atoms with van der Waals surface area (Å²) in [6.45, 7) is 2.21. The predicted molar refractivity (Wildman–Crippen MR) is 57.6 cm³/mol. The lowest BCUT2D eigenvalue weighted by Crippen LogP contribution is -1.88. The number of aryl methyl sites for hydroxylation is 1. The lowest BCUT2D eigenvalue weighted by Gasteiger charge is -1.98. The average Bonchev–Trinajstić information content (AvgIpc) is 2.60. The lowest BCUT2D eigenvalue weighted by molar-refractivity contribution is 0.112. The number of rotatable bonds is 6. The zero-order chi connectivity index (χ0) is 9.52. The standard InChI is InChI=1S/C11H16OS/c1-2-3-4-5-6-10-8-13-9-11(10)7-12/h7-9H,2-6H2,1H3. The second kappa shape index (κ2) is 5.92. The largest absolute Gasteiger partial charge is 0.298 e. The topological polar surface area (TPSA) is 17.1 Å². The number of unbranched alkanes of at least 4 members (excludes halogenated alkanes) is 3. The molecule has 1 heterocycles. The van der Waals surface area contributed by atoms with E-state index in [1.165, 1.54) is 31.2 Å². The van der Waals surface area contributed by atoms with Gasteiger partial charge in [0.1, 0.15) is 0 Å². The molecule has 0 spiro atoms. The van der Waals surface area contributed by atoms with Crippen molar-refractivity contribution in [2.24, 2.45) is 0 Å². The number of thiophene rings is 1. The summed E-state index contributed by atoms with van der Waals surface area (Å²) < 4.78 is 0. The second-order valence-corrected chi connectivity index (χ2v) is 4.02. The molecule has 0 unspecified atom stereocenters. The van der Waals surface area contributed by atoms with Crippen LogP contribution in [0.2, 0.25) is 0 Å². The van der Waals surface area contributed by atoms with Gasteiger partial charge in [0.25, 0.3) is 0 Å². The first-order valence-electron chi connectivity index (χ1n) is 4.88. The maximum atomic E-state index is 10.6. The molecule has 0 aliphatic rings. The monoisotopic (exact) mass is 196 g/mol. The van der Waals surface area contributed by atoms with Gasteiger partial charge in [-0.1, -0.05) is 26.2 Å². The molecule has 0 amide bonds. The summed E-state index contributed by atoms with van der Waals surface area (Å²) in [4.78, 5) is 10.6. The molecule has 1 nitrogen and oxygen atoms in total. The van der Waals surface area contributed by atoms with Crippen LogP contribution in [-0.4, -0.2) is 6.29 Å². The zero-order valence-electron chi connectivity index (χ0n) is 8.08. The van der Waals surface area contributed by atoms with Crippen molar-refractivity contribution < 1.29 is 4.79 Å². The van der Waals surface area contributed by atoms with E-state index in [-0.39, 0.29) is 0 Å². The van der Waals surface area contributed by atoms with Crippen molar-refractivity contribution in [1.82, 2.24) is 0 Å². The number of hydrogen-bond donors (Lipinski definition) is 0. The van der Waals surface area contributed by atoms with Crippen molar-refractivity contribution in [2.75, 3.05) is 0 Å². The minimum Gasteiger partial charge on any atom is -0.298 e. The van der Waals surface area contributed by atoms with E-state index < -0.39 is 0 Å². The normalized spacial score (nSPS) is 10.2. The molecule has 0 aliphatic carbocycles. The van der Waals surface area contributed by atoms with Gasteiger partial charge >= 0.3 is 0 Å². The number of carbonyl (C=O) groups is 1. The highest BCUT2D eigenvalue weighted by Gasteiger charge is 2.01. The molecule has 0 aromatic carbocycles. The molecule has 0 saturated carbocycles. The Labute approximate surface area is 83.8 Å². The van der Waals surface area contributed by atoms with Gasteiger partial charge in [-0.3, -0.25) is 4.79 Å². The van der Waals surface area contributed by atoms with Crippen LogP contribution in [0.15, 0.2) is 10.8 Å². The van der Waals surface area contributed by atoms with Gasteiger partial charge in [-0.2, -0.15) is 11.3 Å². The van der Waals surface area contributed by atoms with Gasteiger partial charge < -0.3 is 0 Å². The summed E-state index contributed by atoms with van der Waals surface area (Å²) >= 11 is 1.62. The summed E-state index contributed by atoms with van der Waals surface area (Å²) in [6.07, 6.45) is 7.10. The fraction of sp³-hybridized carbons (Fsp3) is 0.545. The van der Waals surface area contributed by atoms with Crippen LogP contribution in [-0.2, 0) is 6.42 Å². The Kier molecular flexibility index (Phi) is 4.76. The van der Waals surface area contributed by atoms with Gasteiger partial charge in [0, 0.05) is 10.9 Å². The highest BCUT2D eigenvalue weighted by Crippen LogP contribution is 2.16. The fourth-order valence-electron chi connectivity index (χ4n) is 1.38. The third-order valence-corrected chi connectivity index (χ3v) is 3.01. The predicted octanol–water partition coefficient (Wildman–Crippen LogP) is 3.68. The molecule has 13 heavy (non-hydrogen) atoms. The Morgan fingerprint density at radius 3 is 2.85 bits per heavy atom. The number of carbonyl (C=O) groups excluding carboxylic acids is 1. The van der Waals surface area contributed by atoms with Crippen LogP contribution >= 0.6 is 11.3 Å². The summed E-state index contributed by atoms with van der Waals surface area (Å²) in [5.74, 6) is 0. The van der Waals surface area contributed by atoms with Crippen LogP contribution in [0, 0.1) is 0 Å². The van der Waals surface area contributed by atoms with Gasteiger partial charge in [-0.05, 0) is 23.8 Å². The molecule has 0 atom stereocenters. The Hall–Kier alpha value is -0.630. The van der Waals surface area contributed by atoms with E-state index in [1.807, 2.05) is 5.38 Å². The van der Waals surface area contributed by atoms with E-state index in [9.17, 15) is 4.79 Å². The molecule has 1 rings (SSSR count). The first-order chi connectivity index (χ1) is 6.38. The smallest absolute Gasteiger partial charge is 0.151 e. The summed E-state index contributed by atoms with van der Waals surface area (Å²) in [7, 11) is 0. The van der Waals surface area contributed by atoms with E-state index in [1.54, 1.807) is 11.3 Å². The second-order valence-electron chi connectivity index (χ2n) is 3.28. The highest BCUT2D eigenvalue weighted by molar-refractivity contribution is 7.08. The van der Waals surface area contributed by atoms with Crippen LogP contribution in [0.3, 0.4) is 0 Å².